The molecule has 4 rings (SSSR count). The van der Waals surface area contributed by atoms with Crippen LogP contribution in [0.1, 0.15) is 54.1 Å². The lowest BCUT2D eigenvalue weighted by molar-refractivity contribution is -0.137. The van der Waals surface area contributed by atoms with Gasteiger partial charge in [-0.05, 0) is 50.7 Å². The number of nitrogens with zero attached hydrogens (tertiary/aromatic N) is 3. The van der Waals surface area contributed by atoms with Crippen molar-refractivity contribution in [3.8, 4) is 0 Å². The summed E-state index contributed by atoms with van der Waals surface area (Å²) in [5.41, 5.74) is 1.61. The first-order valence-corrected chi connectivity index (χ1v) is 10.5. The predicted molar refractivity (Wildman–Crippen MR) is 113 cm³/mol. The Morgan fingerprint density at radius 1 is 1.07 bits per heavy atom. The number of likely N-dealkylation sites (tertiary alicyclic amines) is 1. The van der Waals surface area contributed by atoms with Crippen LogP contribution in [-0.4, -0.2) is 39.6 Å². The van der Waals surface area contributed by atoms with Crippen LogP contribution in [0.15, 0.2) is 48.7 Å². The van der Waals surface area contributed by atoms with Crippen molar-refractivity contribution in [2.45, 2.75) is 45.1 Å². The summed E-state index contributed by atoms with van der Waals surface area (Å²) >= 11 is 0. The van der Waals surface area contributed by atoms with Gasteiger partial charge in [0.25, 0.3) is 5.91 Å². The highest BCUT2D eigenvalue weighted by Crippen LogP contribution is 2.28. The molecule has 1 aromatic heterocycles. The molecular formula is C23H28N4O2. The molecule has 152 valence electrons. The number of aromatic nitrogens is 2. The molecule has 1 N–H and O–H groups in total. The van der Waals surface area contributed by atoms with Gasteiger partial charge < -0.3 is 10.2 Å². The van der Waals surface area contributed by atoms with Crippen LogP contribution in [0.25, 0.3) is 0 Å². The Morgan fingerprint density at radius 2 is 1.86 bits per heavy atom. The molecule has 1 aromatic carbocycles. The highest BCUT2D eigenvalue weighted by atomic mass is 16.2. The van der Waals surface area contributed by atoms with Crippen molar-refractivity contribution in [2.75, 3.05) is 18.4 Å². The van der Waals surface area contributed by atoms with Gasteiger partial charge in [-0.15, -0.1) is 0 Å². The monoisotopic (exact) mass is 392 g/mol. The number of piperidine rings is 1. The number of benzene rings is 1. The van der Waals surface area contributed by atoms with Crippen molar-refractivity contribution < 1.29 is 9.59 Å². The summed E-state index contributed by atoms with van der Waals surface area (Å²) in [6, 6.07) is 9.58. The van der Waals surface area contributed by atoms with E-state index in [1.54, 1.807) is 6.20 Å². The normalized spacial score (nSPS) is 19.9. The number of carbonyl (C=O) groups excluding carboxylic acids is 2. The van der Waals surface area contributed by atoms with Crippen LogP contribution in [0.3, 0.4) is 0 Å². The third kappa shape index (κ3) is 4.26. The molecule has 1 aliphatic heterocycles. The van der Waals surface area contributed by atoms with Gasteiger partial charge in [-0.25, -0.2) is 4.68 Å². The summed E-state index contributed by atoms with van der Waals surface area (Å²) < 4.78 is 1.90. The van der Waals surface area contributed by atoms with Gasteiger partial charge in [-0.2, -0.15) is 5.10 Å². The third-order valence-electron chi connectivity index (χ3n) is 6.04. The number of nitrogens with one attached hydrogen (secondary N) is 1. The molecule has 0 saturated carbocycles. The first-order chi connectivity index (χ1) is 14.1. The van der Waals surface area contributed by atoms with Crippen LogP contribution >= 0.6 is 0 Å². The molecule has 1 atom stereocenters. The number of carbonyl (C=O) groups is 2. The maximum Gasteiger partial charge on any atom is 0.257 e. The van der Waals surface area contributed by atoms with Crippen LogP contribution in [0.4, 0.5) is 5.82 Å². The van der Waals surface area contributed by atoms with Gasteiger partial charge in [0, 0.05) is 30.6 Å². The highest BCUT2D eigenvalue weighted by Gasteiger charge is 2.29. The molecule has 2 heterocycles. The SMILES string of the molecule is Cc1ccccc1C(=O)Nc1ccnn1C1CCN(C(=O)C2CC=CCC2)CC1. The van der Waals surface area contributed by atoms with Gasteiger partial charge in [0.15, 0.2) is 0 Å². The molecule has 0 radical (unpaired) electrons. The second-order valence-corrected chi connectivity index (χ2v) is 7.97. The van der Waals surface area contributed by atoms with Gasteiger partial charge in [0.2, 0.25) is 5.91 Å². The zero-order valence-corrected chi connectivity index (χ0v) is 16.9. The van der Waals surface area contributed by atoms with Gasteiger partial charge in [0.1, 0.15) is 5.82 Å². The van der Waals surface area contributed by atoms with E-state index >= 15 is 0 Å². The molecule has 2 amide bonds. The quantitative estimate of drug-likeness (QED) is 0.801. The minimum Gasteiger partial charge on any atom is -0.342 e. The zero-order chi connectivity index (χ0) is 20.2. The first-order valence-electron chi connectivity index (χ1n) is 10.5. The summed E-state index contributed by atoms with van der Waals surface area (Å²) in [5, 5.41) is 7.46. The minimum atomic E-state index is -0.122. The molecule has 1 aliphatic carbocycles. The molecule has 1 fully saturated rings. The van der Waals surface area contributed by atoms with Gasteiger partial charge >= 0.3 is 0 Å². The number of rotatable bonds is 4. The fraction of sp³-hybridized carbons (Fsp3) is 0.435. The summed E-state index contributed by atoms with van der Waals surface area (Å²) in [4.78, 5) is 27.4. The summed E-state index contributed by atoms with van der Waals surface area (Å²) in [6.07, 6.45) is 10.6. The second-order valence-electron chi connectivity index (χ2n) is 7.97. The second kappa shape index (κ2) is 8.64. The van der Waals surface area contributed by atoms with E-state index in [1.165, 1.54) is 0 Å². The van der Waals surface area contributed by atoms with Crippen molar-refractivity contribution in [3.05, 3.63) is 59.8 Å². The van der Waals surface area contributed by atoms with Gasteiger partial charge in [-0.1, -0.05) is 30.4 Å². The van der Waals surface area contributed by atoms with Crippen molar-refractivity contribution in [2.24, 2.45) is 5.92 Å². The fourth-order valence-corrected chi connectivity index (χ4v) is 4.32. The lowest BCUT2D eigenvalue weighted by Crippen LogP contribution is -2.42. The molecule has 29 heavy (non-hydrogen) atoms. The molecule has 0 bridgehead atoms. The van der Waals surface area contributed by atoms with E-state index in [0.717, 1.165) is 50.8 Å². The van der Waals surface area contributed by atoms with Crippen molar-refractivity contribution in [1.82, 2.24) is 14.7 Å². The Hall–Kier alpha value is -2.89. The average molecular weight is 393 g/mol. The van der Waals surface area contributed by atoms with Crippen LogP contribution in [0.2, 0.25) is 0 Å². The van der Waals surface area contributed by atoms with E-state index in [4.69, 9.17) is 0 Å². The number of hydrogen-bond donors (Lipinski definition) is 1. The van der Waals surface area contributed by atoms with Crippen molar-refractivity contribution >= 4 is 17.6 Å². The number of allylic oxidation sites excluding steroid dienone is 2. The fourth-order valence-electron chi connectivity index (χ4n) is 4.32. The van der Waals surface area contributed by atoms with Crippen molar-refractivity contribution in [3.63, 3.8) is 0 Å². The number of aryl methyl sites for hydroxylation is 1. The van der Waals surface area contributed by atoms with Crippen LogP contribution in [-0.2, 0) is 4.79 Å². The smallest absolute Gasteiger partial charge is 0.257 e. The van der Waals surface area contributed by atoms with Gasteiger partial charge in [0.05, 0.1) is 12.2 Å². The zero-order valence-electron chi connectivity index (χ0n) is 16.9. The van der Waals surface area contributed by atoms with Crippen LogP contribution < -0.4 is 5.32 Å². The minimum absolute atomic E-state index is 0.122. The molecule has 6 heteroatoms. The Morgan fingerprint density at radius 3 is 2.59 bits per heavy atom. The molecule has 2 aromatic rings. The van der Waals surface area contributed by atoms with E-state index < -0.39 is 0 Å². The average Bonchev–Trinajstić information content (AvgIpc) is 3.22. The largest absolute Gasteiger partial charge is 0.342 e. The molecule has 2 aliphatic rings. The Balaban J connectivity index is 1.38. The van der Waals surface area contributed by atoms with Crippen LogP contribution in [0, 0.1) is 12.8 Å². The molecular weight excluding hydrogens is 364 g/mol. The van der Waals surface area contributed by atoms with E-state index in [-0.39, 0.29) is 17.9 Å². The third-order valence-corrected chi connectivity index (χ3v) is 6.04. The molecule has 1 unspecified atom stereocenters. The Kier molecular flexibility index (Phi) is 5.79. The Labute approximate surface area is 171 Å². The standard InChI is InChI=1S/C23H28N4O2/c1-17-7-5-6-10-20(17)22(28)25-21-11-14-24-27(21)19-12-15-26(16-13-19)23(29)18-8-3-2-4-9-18/h2-3,5-7,10-11,14,18-19H,4,8-9,12-13,15-16H2,1H3,(H,25,28). The molecule has 1 saturated heterocycles. The first kappa shape index (κ1) is 19.4. The number of amides is 2. The predicted octanol–water partition coefficient (Wildman–Crippen LogP) is 3.96. The van der Waals surface area contributed by atoms with E-state index in [0.29, 0.717) is 17.3 Å². The molecule has 0 spiro atoms. The molecule has 6 nitrogen and oxygen atoms in total. The number of hydrogen-bond acceptors (Lipinski definition) is 3. The topological polar surface area (TPSA) is 67.2 Å². The summed E-state index contributed by atoms with van der Waals surface area (Å²) in [5.74, 6) is 1.02. The van der Waals surface area contributed by atoms with E-state index in [1.807, 2.05) is 46.8 Å². The van der Waals surface area contributed by atoms with E-state index in [2.05, 4.69) is 22.6 Å². The maximum absolute atomic E-state index is 12.8. The van der Waals surface area contributed by atoms with Crippen molar-refractivity contribution in [1.29, 1.82) is 0 Å². The van der Waals surface area contributed by atoms with Crippen LogP contribution in [0.5, 0.6) is 0 Å². The number of anilines is 1. The summed E-state index contributed by atoms with van der Waals surface area (Å²) in [6.45, 7) is 3.42. The Bertz CT molecular complexity index is 909. The maximum atomic E-state index is 12.8. The van der Waals surface area contributed by atoms with Gasteiger partial charge in [-0.3, -0.25) is 9.59 Å². The highest BCUT2D eigenvalue weighted by molar-refractivity contribution is 6.04. The lowest BCUT2D eigenvalue weighted by atomic mass is 9.92. The lowest BCUT2D eigenvalue weighted by Gasteiger charge is -2.35. The van der Waals surface area contributed by atoms with E-state index in [9.17, 15) is 9.59 Å². The summed E-state index contributed by atoms with van der Waals surface area (Å²) in [7, 11) is 0.